The number of benzene rings is 2. The molecule has 0 spiro atoms. The maximum absolute atomic E-state index is 12.2. The summed E-state index contributed by atoms with van der Waals surface area (Å²) in [5, 5.41) is 3.18. The Morgan fingerprint density at radius 2 is 1.87 bits per heavy atom. The largest absolute Gasteiger partial charge is 0.379 e. The molecule has 1 aromatic heterocycles. The van der Waals surface area contributed by atoms with E-state index in [1.165, 1.54) is 23.5 Å². The van der Waals surface area contributed by atoms with E-state index in [2.05, 4.69) is 4.98 Å². The summed E-state index contributed by atoms with van der Waals surface area (Å²) in [6.45, 7) is 1.93. The van der Waals surface area contributed by atoms with Gasteiger partial charge in [-0.05, 0) is 49.4 Å². The van der Waals surface area contributed by atoms with E-state index in [4.69, 9.17) is 15.8 Å². The Balaban J connectivity index is 1.83. The van der Waals surface area contributed by atoms with E-state index in [1.807, 2.05) is 12.3 Å². The van der Waals surface area contributed by atoms with Gasteiger partial charge < -0.3 is 4.18 Å². The first-order valence-electron chi connectivity index (χ1n) is 6.67. The predicted octanol–water partition coefficient (Wildman–Crippen LogP) is 4.54. The van der Waals surface area contributed by atoms with Gasteiger partial charge >= 0.3 is 10.1 Å². The third-order valence-corrected chi connectivity index (χ3v) is 5.50. The monoisotopic (exact) mass is 365 g/mol. The fraction of sp³-hybridized carbons (Fsp3) is 0.0625. The van der Waals surface area contributed by atoms with E-state index >= 15 is 0 Å². The molecule has 2 aromatic carbocycles. The van der Waals surface area contributed by atoms with Crippen LogP contribution in [-0.4, -0.2) is 13.4 Å². The molecule has 3 rings (SSSR count). The van der Waals surface area contributed by atoms with Gasteiger partial charge in [0.25, 0.3) is 0 Å². The summed E-state index contributed by atoms with van der Waals surface area (Å²) in [5.41, 5.74) is 1.87. The second-order valence-corrected chi connectivity index (χ2v) is 7.65. The SMILES string of the molecule is Cc1csc(-c2ccc(OS(=O)(=O)c3cccc(Cl)c3)cc2)n1. The molecule has 7 heteroatoms. The molecule has 0 amide bonds. The lowest BCUT2D eigenvalue weighted by atomic mass is 10.2. The van der Waals surface area contributed by atoms with Crippen LogP contribution in [-0.2, 0) is 10.1 Å². The summed E-state index contributed by atoms with van der Waals surface area (Å²) in [7, 11) is -3.91. The molecule has 0 bridgehead atoms. The minimum atomic E-state index is -3.91. The van der Waals surface area contributed by atoms with Crippen LogP contribution in [0.2, 0.25) is 5.02 Å². The third-order valence-electron chi connectivity index (χ3n) is 3.01. The Bertz CT molecular complexity index is 934. The molecule has 0 radical (unpaired) electrons. The molecule has 0 aliphatic rings. The maximum Gasteiger partial charge on any atom is 0.339 e. The van der Waals surface area contributed by atoms with Crippen molar-refractivity contribution < 1.29 is 12.6 Å². The van der Waals surface area contributed by atoms with E-state index in [0.717, 1.165) is 16.3 Å². The first kappa shape index (κ1) is 16.0. The second-order valence-electron chi connectivity index (χ2n) is 4.81. The highest BCUT2D eigenvalue weighted by Crippen LogP contribution is 2.27. The Morgan fingerprint density at radius 1 is 1.13 bits per heavy atom. The predicted molar refractivity (Wildman–Crippen MR) is 91.6 cm³/mol. The van der Waals surface area contributed by atoms with Gasteiger partial charge in [0.15, 0.2) is 0 Å². The maximum atomic E-state index is 12.2. The van der Waals surface area contributed by atoms with Gasteiger partial charge in [-0.3, -0.25) is 0 Å². The van der Waals surface area contributed by atoms with Crippen molar-refractivity contribution in [3.05, 3.63) is 64.6 Å². The van der Waals surface area contributed by atoms with Gasteiger partial charge in [0.05, 0.1) is 0 Å². The zero-order chi connectivity index (χ0) is 16.4. The molecule has 0 aliphatic heterocycles. The zero-order valence-electron chi connectivity index (χ0n) is 12.1. The summed E-state index contributed by atoms with van der Waals surface area (Å²) >= 11 is 7.35. The lowest BCUT2D eigenvalue weighted by Crippen LogP contribution is -2.09. The number of hydrogen-bond donors (Lipinski definition) is 0. The van der Waals surface area contributed by atoms with Crippen LogP contribution in [0.4, 0.5) is 0 Å². The van der Waals surface area contributed by atoms with Gasteiger partial charge in [-0.2, -0.15) is 8.42 Å². The Kier molecular flexibility index (Phi) is 4.39. The van der Waals surface area contributed by atoms with E-state index in [9.17, 15) is 8.42 Å². The summed E-state index contributed by atoms with van der Waals surface area (Å²) in [5.74, 6) is 0.238. The number of thiazole rings is 1. The van der Waals surface area contributed by atoms with Crippen molar-refractivity contribution in [3.63, 3.8) is 0 Å². The van der Waals surface area contributed by atoms with Crippen molar-refractivity contribution in [2.45, 2.75) is 11.8 Å². The number of hydrogen-bond acceptors (Lipinski definition) is 5. The van der Waals surface area contributed by atoms with Gasteiger partial charge in [-0.25, -0.2) is 4.98 Å². The fourth-order valence-corrected chi connectivity index (χ4v) is 3.97. The third kappa shape index (κ3) is 3.72. The van der Waals surface area contributed by atoms with Crippen LogP contribution < -0.4 is 4.18 Å². The fourth-order valence-electron chi connectivity index (χ4n) is 1.94. The van der Waals surface area contributed by atoms with Crippen molar-refractivity contribution in [2.75, 3.05) is 0 Å². The van der Waals surface area contributed by atoms with Gasteiger partial charge in [0.1, 0.15) is 15.7 Å². The van der Waals surface area contributed by atoms with Crippen LogP contribution in [0.5, 0.6) is 5.75 Å². The average molecular weight is 366 g/mol. The Labute approximate surface area is 143 Å². The number of halogens is 1. The van der Waals surface area contributed by atoms with Crippen molar-refractivity contribution in [1.29, 1.82) is 0 Å². The van der Waals surface area contributed by atoms with Crippen molar-refractivity contribution in [3.8, 4) is 16.3 Å². The molecule has 0 fully saturated rings. The summed E-state index contributed by atoms with van der Waals surface area (Å²) in [6, 6.07) is 12.7. The zero-order valence-corrected chi connectivity index (χ0v) is 14.5. The molecule has 1 heterocycles. The standard InChI is InChI=1S/C16H12ClNO3S2/c1-11-10-22-16(18-11)12-5-7-14(8-6-12)21-23(19,20)15-4-2-3-13(17)9-15/h2-10H,1H3. The first-order chi connectivity index (χ1) is 10.9. The highest BCUT2D eigenvalue weighted by molar-refractivity contribution is 7.87. The molecule has 0 aliphatic carbocycles. The molecular weight excluding hydrogens is 354 g/mol. The molecule has 23 heavy (non-hydrogen) atoms. The molecule has 0 saturated carbocycles. The highest BCUT2D eigenvalue weighted by Gasteiger charge is 2.17. The van der Waals surface area contributed by atoms with Crippen LogP contribution >= 0.6 is 22.9 Å². The van der Waals surface area contributed by atoms with Crippen molar-refractivity contribution in [2.24, 2.45) is 0 Å². The van der Waals surface area contributed by atoms with E-state index < -0.39 is 10.1 Å². The number of rotatable bonds is 4. The average Bonchev–Trinajstić information content (AvgIpc) is 2.94. The lowest BCUT2D eigenvalue weighted by Gasteiger charge is -2.07. The van der Waals surface area contributed by atoms with Crippen LogP contribution in [0.25, 0.3) is 10.6 Å². The van der Waals surface area contributed by atoms with E-state index in [1.54, 1.807) is 36.4 Å². The van der Waals surface area contributed by atoms with Gasteiger partial charge in [-0.15, -0.1) is 11.3 Å². The molecule has 0 N–H and O–H groups in total. The van der Waals surface area contributed by atoms with E-state index in [-0.39, 0.29) is 10.6 Å². The van der Waals surface area contributed by atoms with Crippen LogP contribution in [0.3, 0.4) is 0 Å². The molecule has 0 saturated heterocycles. The van der Waals surface area contributed by atoms with E-state index in [0.29, 0.717) is 5.02 Å². The number of nitrogens with zero attached hydrogens (tertiary/aromatic N) is 1. The molecular formula is C16H12ClNO3S2. The van der Waals surface area contributed by atoms with Gasteiger partial charge in [-0.1, -0.05) is 17.7 Å². The van der Waals surface area contributed by atoms with Crippen LogP contribution in [0.1, 0.15) is 5.69 Å². The quantitative estimate of drug-likeness (QED) is 0.637. The molecule has 4 nitrogen and oxygen atoms in total. The smallest absolute Gasteiger partial charge is 0.339 e. The topological polar surface area (TPSA) is 56.3 Å². The Morgan fingerprint density at radius 3 is 2.48 bits per heavy atom. The van der Waals surface area contributed by atoms with Gasteiger partial charge in [0, 0.05) is 21.7 Å². The normalized spacial score (nSPS) is 11.4. The first-order valence-corrected chi connectivity index (χ1v) is 9.33. The number of aryl methyl sites for hydroxylation is 1. The minimum absolute atomic E-state index is 0.0182. The van der Waals surface area contributed by atoms with Crippen molar-refractivity contribution >= 4 is 33.1 Å². The van der Waals surface area contributed by atoms with Crippen LogP contribution in [0, 0.1) is 6.92 Å². The minimum Gasteiger partial charge on any atom is -0.379 e. The summed E-state index contributed by atoms with van der Waals surface area (Å²) in [4.78, 5) is 4.41. The molecule has 118 valence electrons. The summed E-state index contributed by atoms with van der Waals surface area (Å²) < 4.78 is 29.6. The molecule has 3 aromatic rings. The lowest BCUT2D eigenvalue weighted by molar-refractivity contribution is 0.486. The molecule has 0 atom stereocenters. The Hall–Kier alpha value is -1.89. The molecule has 0 unspecified atom stereocenters. The number of aromatic nitrogens is 1. The second kappa shape index (κ2) is 6.31. The highest BCUT2D eigenvalue weighted by atomic mass is 35.5. The van der Waals surface area contributed by atoms with Crippen LogP contribution in [0.15, 0.2) is 58.8 Å². The van der Waals surface area contributed by atoms with Crippen molar-refractivity contribution in [1.82, 2.24) is 4.98 Å². The van der Waals surface area contributed by atoms with Gasteiger partial charge in [0.2, 0.25) is 0 Å². The summed E-state index contributed by atoms with van der Waals surface area (Å²) in [6.07, 6.45) is 0.